The SMILES string of the molecule is CCCCOc1ccccc1[C@H]1CCCC[C@@H]1O. The first-order valence-electron chi connectivity index (χ1n) is 7.22. The van der Waals surface area contributed by atoms with E-state index in [0.717, 1.165) is 44.5 Å². The van der Waals surface area contributed by atoms with Crippen LogP contribution in [0, 0.1) is 0 Å². The van der Waals surface area contributed by atoms with Crippen LogP contribution >= 0.6 is 0 Å². The summed E-state index contributed by atoms with van der Waals surface area (Å²) < 4.78 is 5.87. The minimum atomic E-state index is -0.199. The van der Waals surface area contributed by atoms with Gasteiger partial charge in [-0.15, -0.1) is 0 Å². The van der Waals surface area contributed by atoms with E-state index in [2.05, 4.69) is 13.0 Å². The maximum absolute atomic E-state index is 10.2. The van der Waals surface area contributed by atoms with Gasteiger partial charge in [0.25, 0.3) is 0 Å². The topological polar surface area (TPSA) is 29.5 Å². The van der Waals surface area contributed by atoms with Crippen LogP contribution in [0.2, 0.25) is 0 Å². The highest BCUT2D eigenvalue weighted by Crippen LogP contribution is 2.37. The van der Waals surface area contributed by atoms with Crippen molar-refractivity contribution >= 4 is 0 Å². The van der Waals surface area contributed by atoms with Crippen LogP contribution in [0.4, 0.5) is 0 Å². The second-order valence-electron chi connectivity index (χ2n) is 5.20. The van der Waals surface area contributed by atoms with E-state index in [4.69, 9.17) is 4.74 Å². The van der Waals surface area contributed by atoms with E-state index < -0.39 is 0 Å². The Hall–Kier alpha value is -1.02. The fraction of sp³-hybridized carbons (Fsp3) is 0.625. The average Bonchev–Trinajstić information content (AvgIpc) is 2.40. The Bertz CT molecular complexity index is 362. The second-order valence-corrected chi connectivity index (χ2v) is 5.20. The molecule has 18 heavy (non-hydrogen) atoms. The van der Waals surface area contributed by atoms with Crippen molar-refractivity contribution in [3.8, 4) is 5.75 Å². The van der Waals surface area contributed by atoms with E-state index in [9.17, 15) is 5.11 Å². The van der Waals surface area contributed by atoms with E-state index in [1.807, 2.05) is 18.2 Å². The molecule has 1 aliphatic carbocycles. The van der Waals surface area contributed by atoms with Crippen molar-refractivity contribution in [1.29, 1.82) is 0 Å². The van der Waals surface area contributed by atoms with E-state index in [0.29, 0.717) is 0 Å². The molecule has 0 aliphatic heterocycles. The summed E-state index contributed by atoms with van der Waals surface area (Å²) in [5.41, 5.74) is 1.20. The third-order valence-corrected chi connectivity index (χ3v) is 3.80. The predicted octanol–water partition coefficient (Wildman–Crippen LogP) is 3.88. The summed E-state index contributed by atoms with van der Waals surface area (Å²) >= 11 is 0. The molecule has 0 unspecified atom stereocenters. The van der Waals surface area contributed by atoms with Crippen molar-refractivity contribution in [2.75, 3.05) is 6.61 Å². The molecule has 1 aliphatic rings. The van der Waals surface area contributed by atoms with Gasteiger partial charge in [0.15, 0.2) is 0 Å². The summed E-state index contributed by atoms with van der Waals surface area (Å²) in [6, 6.07) is 8.20. The highest BCUT2D eigenvalue weighted by Gasteiger charge is 2.26. The van der Waals surface area contributed by atoms with Crippen LogP contribution in [-0.4, -0.2) is 17.8 Å². The first-order valence-corrected chi connectivity index (χ1v) is 7.22. The minimum absolute atomic E-state index is 0.199. The summed E-state index contributed by atoms with van der Waals surface area (Å²) in [7, 11) is 0. The molecule has 2 rings (SSSR count). The van der Waals surface area contributed by atoms with Crippen molar-refractivity contribution in [1.82, 2.24) is 0 Å². The van der Waals surface area contributed by atoms with Gasteiger partial charge in [-0.05, 0) is 30.9 Å². The molecule has 0 saturated heterocycles. The number of benzene rings is 1. The summed E-state index contributed by atoms with van der Waals surface area (Å²) in [6.07, 6.45) is 6.40. The van der Waals surface area contributed by atoms with Gasteiger partial charge >= 0.3 is 0 Å². The zero-order valence-corrected chi connectivity index (χ0v) is 11.3. The lowest BCUT2D eigenvalue weighted by Crippen LogP contribution is -2.23. The zero-order chi connectivity index (χ0) is 12.8. The van der Waals surface area contributed by atoms with Crippen LogP contribution in [0.5, 0.6) is 5.75 Å². The Labute approximate surface area is 110 Å². The number of unbranched alkanes of at least 4 members (excludes halogenated alkanes) is 1. The average molecular weight is 248 g/mol. The van der Waals surface area contributed by atoms with Crippen LogP contribution in [0.25, 0.3) is 0 Å². The smallest absolute Gasteiger partial charge is 0.122 e. The molecule has 0 spiro atoms. The van der Waals surface area contributed by atoms with E-state index in [1.54, 1.807) is 0 Å². The Morgan fingerprint density at radius 2 is 2.00 bits per heavy atom. The Morgan fingerprint density at radius 3 is 2.78 bits per heavy atom. The molecule has 0 amide bonds. The number of rotatable bonds is 5. The van der Waals surface area contributed by atoms with Gasteiger partial charge in [0.1, 0.15) is 5.75 Å². The number of para-hydroxylation sites is 1. The van der Waals surface area contributed by atoms with Crippen LogP contribution in [0.15, 0.2) is 24.3 Å². The third-order valence-electron chi connectivity index (χ3n) is 3.80. The standard InChI is InChI=1S/C16H24O2/c1-2-3-12-18-16-11-7-5-9-14(16)13-8-4-6-10-15(13)17/h5,7,9,11,13,15,17H,2-4,6,8,10,12H2,1H3/t13-,15+/m1/s1. The lowest BCUT2D eigenvalue weighted by atomic mass is 9.81. The fourth-order valence-corrected chi connectivity index (χ4v) is 2.72. The summed E-state index contributed by atoms with van der Waals surface area (Å²) in [5.74, 6) is 1.23. The number of hydrogen-bond donors (Lipinski definition) is 1. The maximum atomic E-state index is 10.2. The van der Waals surface area contributed by atoms with Gasteiger partial charge in [-0.25, -0.2) is 0 Å². The molecular weight excluding hydrogens is 224 g/mol. The molecule has 0 aromatic heterocycles. The summed E-state index contributed by atoms with van der Waals surface area (Å²) in [6.45, 7) is 2.94. The van der Waals surface area contributed by atoms with Crippen LogP contribution < -0.4 is 4.74 Å². The van der Waals surface area contributed by atoms with Gasteiger partial charge < -0.3 is 9.84 Å². The molecular formula is C16H24O2. The Balaban J connectivity index is 2.10. The van der Waals surface area contributed by atoms with Crippen molar-refractivity contribution in [3.05, 3.63) is 29.8 Å². The highest BCUT2D eigenvalue weighted by molar-refractivity contribution is 5.37. The van der Waals surface area contributed by atoms with Crippen molar-refractivity contribution in [2.45, 2.75) is 57.5 Å². The zero-order valence-electron chi connectivity index (χ0n) is 11.3. The molecule has 2 nitrogen and oxygen atoms in total. The molecule has 1 N–H and O–H groups in total. The second kappa shape index (κ2) is 6.79. The minimum Gasteiger partial charge on any atom is -0.493 e. The molecule has 100 valence electrons. The molecule has 2 atom stereocenters. The Morgan fingerprint density at radius 1 is 1.22 bits per heavy atom. The van der Waals surface area contributed by atoms with Gasteiger partial charge in [-0.1, -0.05) is 44.4 Å². The first kappa shape index (κ1) is 13.4. The molecule has 1 fully saturated rings. The number of aliphatic hydroxyl groups is 1. The van der Waals surface area contributed by atoms with E-state index in [-0.39, 0.29) is 12.0 Å². The van der Waals surface area contributed by atoms with Gasteiger partial charge in [0.05, 0.1) is 12.7 Å². The van der Waals surface area contributed by atoms with Gasteiger partial charge in [0.2, 0.25) is 0 Å². The lowest BCUT2D eigenvalue weighted by Gasteiger charge is -2.29. The van der Waals surface area contributed by atoms with Crippen molar-refractivity contribution in [3.63, 3.8) is 0 Å². The summed E-state index contributed by atoms with van der Waals surface area (Å²) in [4.78, 5) is 0. The van der Waals surface area contributed by atoms with E-state index in [1.165, 1.54) is 12.0 Å². The first-order chi connectivity index (χ1) is 8.83. The predicted molar refractivity (Wildman–Crippen MR) is 74.1 cm³/mol. The fourth-order valence-electron chi connectivity index (χ4n) is 2.72. The normalized spacial score (nSPS) is 23.9. The highest BCUT2D eigenvalue weighted by atomic mass is 16.5. The maximum Gasteiger partial charge on any atom is 0.122 e. The number of ether oxygens (including phenoxy) is 1. The Kier molecular flexibility index (Phi) is 5.06. The van der Waals surface area contributed by atoms with Crippen molar-refractivity contribution < 1.29 is 9.84 Å². The molecule has 0 heterocycles. The lowest BCUT2D eigenvalue weighted by molar-refractivity contribution is 0.104. The van der Waals surface area contributed by atoms with Gasteiger partial charge in [-0.3, -0.25) is 0 Å². The van der Waals surface area contributed by atoms with Gasteiger partial charge in [0, 0.05) is 5.92 Å². The monoisotopic (exact) mass is 248 g/mol. The quantitative estimate of drug-likeness (QED) is 0.801. The van der Waals surface area contributed by atoms with Crippen molar-refractivity contribution in [2.24, 2.45) is 0 Å². The molecule has 0 radical (unpaired) electrons. The molecule has 1 aromatic rings. The van der Waals surface area contributed by atoms with Gasteiger partial charge in [-0.2, -0.15) is 0 Å². The molecule has 1 aromatic carbocycles. The third kappa shape index (κ3) is 3.26. The molecule has 1 saturated carbocycles. The number of aliphatic hydroxyl groups excluding tert-OH is 1. The largest absolute Gasteiger partial charge is 0.493 e. The van der Waals surface area contributed by atoms with Crippen LogP contribution in [0.1, 0.15) is 56.9 Å². The number of hydrogen-bond acceptors (Lipinski definition) is 2. The van der Waals surface area contributed by atoms with Crippen LogP contribution in [0.3, 0.4) is 0 Å². The molecule has 0 bridgehead atoms. The van der Waals surface area contributed by atoms with Crippen LogP contribution in [-0.2, 0) is 0 Å². The van der Waals surface area contributed by atoms with E-state index >= 15 is 0 Å². The molecule has 2 heteroatoms. The summed E-state index contributed by atoms with van der Waals surface area (Å²) in [5, 5.41) is 10.2.